The highest BCUT2D eigenvalue weighted by Crippen LogP contribution is 2.35. The number of nitriles is 1. The lowest BCUT2D eigenvalue weighted by atomic mass is 10.1. The molecular weight excluding hydrogens is 630 g/mol. The molecule has 7 aromatic rings. The van der Waals surface area contributed by atoms with Gasteiger partial charge in [-0.25, -0.2) is 14.6 Å². The maximum absolute atomic E-state index is 9.31. The maximum Gasteiger partial charge on any atom is 0.164 e. The van der Waals surface area contributed by atoms with Crippen LogP contribution in [0.15, 0.2) is 116 Å². The number of para-hydroxylation sites is 2. The van der Waals surface area contributed by atoms with E-state index in [0.29, 0.717) is 54.0 Å². The molecule has 0 spiro atoms. The largest absolute Gasteiger partial charge is 0.506 e. The average Bonchev–Trinajstić information content (AvgIpc) is 3.56. The van der Waals surface area contributed by atoms with Gasteiger partial charge in [-0.2, -0.15) is 10.4 Å². The second-order valence-corrected chi connectivity index (χ2v) is 11.6. The Balaban J connectivity index is 0.000000302. The van der Waals surface area contributed by atoms with Gasteiger partial charge in [0.05, 0.1) is 17.0 Å². The fraction of sp³-hybridized carbons (Fsp3) is 0.154. The maximum atomic E-state index is 9.31. The Morgan fingerprint density at radius 2 is 1.68 bits per heavy atom. The smallest absolute Gasteiger partial charge is 0.164 e. The van der Waals surface area contributed by atoms with Crippen molar-refractivity contribution in [1.29, 1.82) is 5.26 Å². The first-order valence-corrected chi connectivity index (χ1v) is 16.2. The fourth-order valence-electron chi connectivity index (χ4n) is 5.83. The molecule has 0 saturated carbocycles. The molecule has 11 heteroatoms. The molecule has 50 heavy (non-hydrogen) atoms. The first-order valence-electron chi connectivity index (χ1n) is 16.2. The number of hydrogen-bond donors (Lipinski definition) is 2. The van der Waals surface area contributed by atoms with Gasteiger partial charge < -0.3 is 25.1 Å². The van der Waals surface area contributed by atoms with Crippen molar-refractivity contribution in [2.45, 2.75) is 25.5 Å². The van der Waals surface area contributed by atoms with E-state index in [4.69, 9.17) is 25.0 Å². The zero-order chi connectivity index (χ0) is 34.3. The first-order chi connectivity index (χ1) is 24.6. The molecule has 4 aromatic carbocycles. The Morgan fingerprint density at radius 1 is 0.880 bits per heavy atom. The van der Waals surface area contributed by atoms with E-state index in [1.165, 1.54) is 6.33 Å². The molecule has 1 aliphatic heterocycles. The topological polar surface area (TPSA) is 154 Å². The molecule has 0 amide bonds. The highest BCUT2D eigenvalue weighted by molar-refractivity contribution is 5.98. The fourth-order valence-corrected chi connectivity index (χ4v) is 5.83. The Labute approximate surface area is 288 Å². The number of benzene rings is 4. The highest BCUT2D eigenvalue weighted by atomic mass is 16.5. The van der Waals surface area contributed by atoms with Gasteiger partial charge in [-0.15, -0.1) is 0 Å². The molecule has 1 saturated heterocycles. The quantitative estimate of drug-likeness (QED) is 0.174. The van der Waals surface area contributed by atoms with E-state index < -0.39 is 0 Å². The highest BCUT2D eigenvalue weighted by Gasteiger charge is 2.24. The molecule has 248 valence electrons. The molecule has 4 heterocycles. The van der Waals surface area contributed by atoms with Crippen molar-refractivity contribution in [2.24, 2.45) is 0 Å². The van der Waals surface area contributed by atoms with Crippen LogP contribution in [-0.2, 0) is 11.3 Å². The summed E-state index contributed by atoms with van der Waals surface area (Å²) in [5.74, 6) is 2.57. The number of phenolic OH excluding ortho intramolecular Hbond substituents is 1. The number of nitrogens with zero attached hydrogens (tertiary/aromatic N) is 6. The van der Waals surface area contributed by atoms with Gasteiger partial charge in [0.15, 0.2) is 5.65 Å². The second kappa shape index (κ2) is 14.7. The summed E-state index contributed by atoms with van der Waals surface area (Å²) < 4.78 is 19.5. The Morgan fingerprint density at radius 3 is 2.50 bits per heavy atom. The second-order valence-electron chi connectivity index (χ2n) is 11.6. The Kier molecular flexibility index (Phi) is 9.44. The predicted molar refractivity (Wildman–Crippen MR) is 190 cm³/mol. The van der Waals surface area contributed by atoms with E-state index in [1.54, 1.807) is 30.5 Å². The zero-order valence-corrected chi connectivity index (χ0v) is 27.0. The number of anilines is 1. The van der Waals surface area contributed by atoms with Gasteiger partial charge in [0.1, 0.15) is 59.0 Å². The SMILES string of the molecule is N#Cc1ccccc1OCc1cccc(Oc2ccc(-c3nn(C4CCOCC4)c4ncnc(N)c34)cc2)c1.Oc1cccc2cccnc12. The molecule has 0 unspecified atom stereocenters. The van der Waals surface area contributed by atoms with Gasteiger partial charge in [0.25, 0.3) is 0 Å². The third-order valence-corrected chi connectivity index (χ3v) is 8.33. The van der Waals surface area contributed by atoms with E-state index in [-0.39, 0.29) is 11.8 Å². The number of ether oxygens (including phenoxy) is 3. The summed E-state index contributed by atoms with van der Waals surface area (Å²) >= 11 is 0. The predicted octanol–water partition coefficient (Wildman–Crippen LogP) is 7.61. The minimum absolute atomic E-state index is 0.205. The number of nitrogens with two attached hydrogens (primary N) is 1. The minimum atomic E-state index is 0.205. The van der Waals surface area contributed by atoms with Gasteiger partial charge in [0.2, 0.25) is 0 Å². The van der Waals surface area contributed by atoms with Crippen LogP contribution in [0.25, 0.3) is 33.2 Å². The van der Waals surface area contributed by atoms with E-state index >= 15 is 0 Å². The van der Waals surface area contributed by atoms with Gasteiger partial charge in [-0.1, -0.05) is 42.5 Å². The minimum Gasteiger partial charge on any atom is -0.506 e. The molecule has 3 N–H and O–H groups in total. The van der Waals surface area contributed by atoms with Gasteiger partial charge in [-0.05, 0) is 79.1 Å². The molecule has 0 radical (unpaired) electrons. The van der Waals surface area contributed by atoms with Crippen LogP contribution >= 0.6 is 0 Å². The van der Waals surface area contributed by atoms with Crippen LogP contribution in [-0.4, -0.2) is 43.1 Å². The number of rotatable bonds is 7. The Bertz CT molecular complexity index is 2290. The normalized spacial score (nSPS) is 12.9. The molecule has 8 rings (SSSR count). The molecule has 0 bridgehead atoms. The lowest BCUT2D eigenvalue weighted by Gasteiger charge is -2.22. The third-order valence-electron chi connectivity index (χ3n) is 8.33. The van der Waals surface area contributed by atoms with Crippen molar-refractivity contribution in [1.82, 2.24) is 24.7 Å². The average molecular weight is 664 g/mol. The Hall–Kier alpha value is -6.51. The summed E-state index contributed by atoms with van der Waals surface area (Å²) in [5.41, 5.74) is 10.8. The van der Waals surface area contributed by atoms with Crippen LogP contribution in [0.4, 0.5) is 5.82 Å². The third kappa shape index (κ3) is 7.01. The van der Waals surface area contributed by atoms with Gasteiger partial charge in [0, 0.05) is 30.4 Å². The van der Waals surface area contributed by atoms with Crippen molar-refractivity contribution < 1.29 is 19.3 Å². The van der Waals surface area contributed by atoms with Crippen molar-refractivity contribution in [3.05, 3.63) is 127 Å². The van der Waals surface area contributed by atoms with Crippen LogP contribution in [0.1, 0.15) is 30.0 Å². The van der Waals surface area contributed by atoms with E-state index in [9.17, 15) is 10.4 Å². The number of hydrogen-bond acceptors (Lipinski definition) is 10. The van der Waals surface area contributed by atoms with Crippen LogP contribution in [0.3, 0.4) is 0 Å². The van der Waals surface area contributed by atoms with Gasteiger partial charge in [-0.3, -0.25) is 4.98 Å². The summed E-state index contributed by atoms with van der Waals surface area (Å²) in [7, 11) is 0. The monoisotopic (exact) mass is 663 g/mol. The number of phenols is 1. The molecule has 3 aromatic heterocycles. The van der Waals surface area contributed by atoms with Crippen LogP contribution in [0.2, 0.25) is 0 Å². The molecular formula is C39H33N7O4. The number of pyridine rings is 1. The van der Waals surface area contributed by atoms with Crippen molar-refractivity contribution >= 4 is 27.8 Å². The molecule has 1 aliphatic rings. The number of aromatic hydroxyl groups is 1. The summed E-state index contributed by atoms with van der Waals surface area (Å²) in [6.07, 6.45) is 4.91. The number of aromatic nitrogens is 5. The van der Waals surface area contributed by atoms with Crippen molar-refractivity contribution in [3.63, 3.8) is 0 Å². The van der Waals surface area contributed by atoms with Crippen LogP contribution < -0.4 is 15.2 Å². The van der Waals surface area contributed by atoms with Crippen LogP contribution in [0.5, 0.6) is 23.0 Å². The van der Waals surface area contributed by atoms with E-state index in [2.05, 4.69) is 21.0 Å². The van der Waals surface area contributed by atoms with E-state index in [0.717, 1.165) is 46.1 Å². The van der Waals surface area contributed by atoms with Crippen molar-refractivity contribution in [3.8, 4) is 40.3 Å². The van der Waals surface area contributed by atoms with Crippen molar-refractivity contribution in [2.75, 3.05) is 18.9 Å². The molecule has 0 aliphatic carbocycles. The molecule has 1 fully saturated rings. The van der Waals surface area contributed by atoms with E-state index in [1.807, 2.05) is 83.5 Å². The number of nitrogen functional groups attached to an aromatic ring is 1. The summed E-state index contributed by atoms with van der Waals surface area (Å²) in [6.45, 7) is 1.73. The summed E-state index contributed by atoms with van der Waals surface area (Å²) in [4.78, 5) is 12.8. The zero-order valence-electron chi connectivity index (χ0n) is 27.0. The first kappa shape index (κ1) is 32.1. The van der Waals surface area contributed by atoms with Gasteiger partial charge >= 0.3 is 0 Å². The van der Waals surface area contributed by atoms with Crippen LogP contribution in [0, 0.1) is 11.3 Å². The lowest BCUT2D eigenvalue weighted by Crippen LogP contribution is -2.20. The standard InChI is InChI=1S/C30H26N6O3.C9H7NO/c31-17-22-5-1-2-7-26(22)38-18-20-4-3-6-25(16-20)39-24-10-8-21(9-11-24)28-27-29(32)33-19-34-30(27)36(35-28)23-12-14-37-15-13-23;11-8-5-1-3-7-4-2-6-10-9(7)8/h1-11,16,19,23H,12-15,18H2,(H2,32,33,34);1-6,11H. The summed E-state index contributed by atoms with van der Waals surface area (Å²) in [5, 5.41) is 25.2. The molecule has 0 atom stereocenters. The number of fused-ring (bicyclic) bond motifs is 2. The lowest BCUT2D eigenvalue weighted by molar-refractivity contribution is 0.0674. The summed E-state index contributed by atoms with van der Waals surface area (Å²) in [6, 6.07) is 34.1. The molecule has 11 nitrogen and oxygen atoms in total.